The van der Waals surface area contributed by atoms with E-state index in [2.05, 4.69) is 25.5 Å². The van der Waals surface area contributed by atoms with Crippen molar-refractivity contribution >= 4 is 40.1 Å². The summed E-state index contributed by atoms with van der Waals surface area (Å²) in [4.78, 5) is 23.5. The number of nitrogens with one attached hydrogen (secondary N) is 2. The Labute approximate surface area is 193 Å². The average molecular weight is 464 g/mol. The number of fused-ring (bicyclic) bond motifs is 1. The van der Waals surface area contributed by atoms with E-state index in [1.807, 2.05) is 29.2 Å². The van der Waals surface area contributed by atoms with Crippen molar-refractivity contribution in [3.63, 3.8) is 0 Å². The van der Waals surface area contributed by atoms with Gasteiger partial charge in [0, 0.05) is 41.9 Å². The van der Waals surface area contributed by atoms with E-state index in [1.54, 1.807) is 0 Å². The van der Waals surface area contributed by atoms with E-state index in [0.29, 0.717) is 36.8 Å². The second-order valence-electron chi connectivity index (χ2n) is 8.24. The molecule has 0 saturated carbocycles. The molecule has 0 aliphatic carbocycles. The molecule has 4 aromatic rings. The maximum absolute atomic E-state index is 13.5. The third-order valence-electron chi connectivity index (χ3n) is 5.92. The topological polar surface area (TPSA) is 139 Å². The number of benzene rings is 2. The lowest BCUT2D eigenvalue weighted by Crippen LogP contribution is -2.41. The van der Waals surface area contributed by atoms with Gasteiger partial charge in [-0.25, -0.2) is 13.8 Å². The van der Waals surface area contributed by atoms with Crippen LogP contribution >= 0.6 is 0 Å². The number of aromatic nitrogens is 4. The highest BCUT2D eigenvalue weighted by Crippen LogP contribution is 2.29. The second kappa shape index (κ2) is 8.58. The van der Waals surface area contributed by atoms with Crippen LogP contribution in [0.2, 0.25) is 0 Å². The lowest BCUT2D eigenvalue weighted by atomic mass is 9.97. The van der Waals surface area contributed by atoms with E-state index in [1.165, 1.54) is 6.07 Å². The Balaban J connectivity index is 1.36. The SMILES string of the molecule is Nc1nc(-c2ccc3c(N)n[nH]c3c2)cc(N2CCC[C@H](C(=O)Nc3ccc(F)c(F)c3)C2)n1. The Bertz CT molecular complexity index is 1390. The van der Waals surface area contributed by atoms with Gasteiger partial charge in [-0.15, -0.1) is 0 Å². The molecule has 0 radical (unpaired) electrons. The number of nitrogen functional groups attached to an aromatic ring is 2. The van der Waals surface area contributed by atoms with Crippen LogP contribution < -0.4 is 21.7 Å². The lowest BCUT2D eigenvalue weighted by molar-refractivity contribution is -0.120. The van der Waals surface area contributed by atoms with Crippen LogP contribution in [0, 0.1) is 17.6 Å². The predicted octanol–water partition coefficient (Wildman–Crippen LogP) is 3.32. The van der Waals surface area contributed by atoms with Crippen LogP contribution in [-0.2, 0) is 4.79 Å². The maximum atomic E-state index is 13.5. The first-order valence-electron chi connectivity index (χ1n) is 10.8. The molecule has 0 spiro atoms. The third-order valence-corrected chi connectivity index (χ3v) is 5.92. The zero-order chi connectivity index (χ0) is 23.8. The van der Waals surface area contributed by atoms with Crippen molar-refractivity contribution < 1.29 is 13.6 Å². The van der Waals surface area contributed by atoms with Crippen molar-refractivity contribution in [2.45, 2.75) is 12.8 Å². The fraction of sp³-hybridized carbons (Fsp3) is 0.217. The van der Waals surface area contributed by atoms with Gasteiger partial charge in [-0.2, -0.15) is 10.1 Å². The number of amides is 1. The van der Waals surface area contributed by atoms with Gasteiger partial charge in [-0.05, 0) is 37.1 Å². The van der Waals surface area contributed by atoms with Crippen LogP contribution in [0.4, 0.5) is 32.1 Å². The molecule has 1 aliphatic rings. The quantitative estimate of drug-likeness (QED) is 0.363. The van der Waals surface area contributed by atoms with E-state index < -0.39 is 11.6 Å². The highest BCUT2D eigenvalue weighted by atomic mass is 19.2. The predicted molar refractivity (Wildman–Crippen MR) is 126 cm³/mol. The normalized spacial score (nSPS) is 16.1. The first-order valence-corrected chi connectivity index (χ1v) is 10.8. The van der Waals surface area contributed by atoms with Gasteiger partial charge in [0.1, 0.15) is 5.82 Å². The van der Waals surface area contributed by atoms with Gasteiger partial charge in [0.2, 0.25) is 11.9 Å². The zero-order valence-corrected chi connectivity index (χ0v) is 18.1. The largest absolute Gasteiger partial charge is 0.382 e. The van der Waals surface area contributed by atoms with E-state index in [9.17, 15) is 13.6 Å². The van der Waals surface area contributed by atoms with E-state index >= 15 is 0 Å². The summed E-state index contributed by atoms with van der Waals surface area (Å²) in [5, 5.41) is 10.4. The molecule has 0 bridgehead atoms. The molecule has 2 aromatic carbocycles. The Hall–Kier alpha value is -4.28. The minimum Gasteiger partial charge on any atom is -0.382 e. The molecule has 1 atom stereocenters. The number of nitrogens with two attached hydrogens (primary N) is 2. The molecule has 5 rings (SSSR count). The molecule has 34 heavy (non-hydrogen) atoms. The van der Waals surface area contributed by atoms with Gasteiger partial charge in [-0.1, -0.05) is 6.07 Å². The molecule has 1 saturated heterocycles. The van der Waals surface area contributed by atoms with E-state index in [-0.39, 0.29) is 23.5 Å². The van der Waals surface area contributed by atoms with Gasteiger partial charge >= 0.3 is 0 Å². The number of hydrogen-bond acceptors (Lipinski definition) is 7. The fourth-order valence-electron chi connectivity index (χ4n) is 4.18. The third kappa shape index (κ3) is 4.19. The molecule has 11 heteroatoms. The summed E-state index contributed by atoms with van der Waals surface area (Å²) >= 11 is 0. The average Bonchev–Trinajstić information content (AvgIpc) is 3.21. The Morgan fingerprint density at radius 3 is 2.76 bits per heavy atom. The number of piperidine rings is 1. The van der Waals surface area contributed by atoms with Crippen LogP contribution in [0.25, 0.3) is 22.2 Å². The second-order valence-corrected chi connectivity index (χ2v) is 8.24. The summed E-state index contributed by atoms with van der Waals surface area (Å²) in [6.45, 7) is 1.10. The molecule has 3 heterocycles. The molecular formula is C23H22F2N8O. The Morgan fingerprint density at radius 1 is 1.09 bits per heavy atom. The minimum atomic E-state index is -1.01. The summed E-state index contributed by atoms with van der Waals surface area (Å²) in [5.41, 5.74) is 14.3. The number of rotatable bonds is 4. The van der Waals surface area contributed by atoms with Crippen molar-refractivity contribution in [2.24, 2.45) is 5.92 Å². The molecular weight excluding hydrogens is 442 g/mol. The highest BCUT2D eigenvalue weighted by Gasteiger charge is 2.27. The van der Waals surface area contributed by atoms with Crippen molar-refractivity contribution in [3.8, 4) is 11.3 Å². The molecule has 1 aliphatic heterocycles. The monoisotopic (exact) mass is 464 g/mol. The minimum absolute atomic E-state index is 0.116. The van der Waals surface area contributed by atoms with Gasteiger partial charge in [0.25, 0.3) is 0 Å². The molecule has 2 aromatic heterocycles. The van der Waals surface area contributed by atoms with Crippen LogP contribution in [0.1, 0.15) is 12.8 Å². The number of hydrogen-bond donors (Lipinski definition) is 4. The fourth-order valence-corrected chi connectivity index (χ4v) is 4.18. The smallest absolute Gasteiger partial charge is 0.229 e. The number of halogens is 2. The Morgan fingerprint density at radius 2 is 1.94 bits per heavy atom. The van der Waals surface area contributed by atoms with Gasteiger partial charge in [0.05, 0.1) is 17.1 Å². The van der Waals surface area contributed by atoms with Crippen molar-refractivity contribution in [1.82, 2.24) is 20.2 Å². The number of aromatic amines is 1. The highest BCUT2D eigenvalue weighted by molar-refractivity contribution is 5.93. The zero-order valence-electron chi connectivity index (χ0n) is 18.1. The standard InChI is InChI=1S/C23H22F2N8O/c24-16-6-4-14(9-17(16)25)28-22(34)13-2-1-7-33(11-13)20-10-18(29-23(27)30-20)12-3-5-15-19(8-12)31-32-21(15)26/h3-6,8-10,13H,1-2,7,11H2,(H,28,34)(H3,26,31,32)(H2,27,29,30)/t13-/m0/s1. The summed E-state index contributed by atoms with van der Waals surface area (Å²) < 4.78 is 26.7. The summed E-state index contributed by atoms with van der Waals surface area (Å²) in [7, 11) is 0. The van der Waals surface area contributed by atoms with Crippen LogP contribution in [0.3, 0.4) is 0 Å². The Kier molecular flexibility index (Phi) is 5.44. The number of nitrogens with zero attached hydrogens (tertiary/aromatic N) is 4. The molecule has 1 amide bonds. The summed E-state index contributed by atoms with van der Waals surface area (Å²) in [6, 6.07) is 10.7. The molecule has 0 unspecified atom stereocenters. The van der Waals surface area contributed by atoms with Gasteiger partial charge in [-0.3, -0.25) is 9.89 Å². The van der Waals surface area contributed by atoms with Crippen LogP contribution in [-0.4, -0.2) is 39.2 Å². The molecule has 6 N–H and O–H groups in total. The van der Waals surface area contributed by atoms with E-state index in [0.717, 1.165) is 35.0 Å². The molecule has 1 fully saturated rings. The number of anilines is 4. The number of carbonyl (C=O) groups is 1. The first kappa shape index (κ1) is 21.6. The summed E-state index contributed by atoms with van der Waals surface area (Å²) in [6.07, 6.45) is 1.42. The van der Waals surface area contributed by atoms with Gasteiger partial charge < -0.3 is 21.7 Å². The van der Waals surface area contributed by atoms with Crippen molar-refractivity contribution in [2.75, 3.05) is 34.8 Å². The van der Waals surface area contributed by atoms with Crippen molar-refractivity contribution in [3.05, 3.63) is 54.1 Å². The maximum Gasteiger partial charge on any atom is 0.229 e. The van der Waals surface area contributed by atoms with Crippen molar-refractivity contribution in [1.29, 1.82) is 0 Å². The van der Waals surface area contributed by atoms with Crippen LogP contribution in [0.5, 0.6) is 0 Å². The first-order chi connectivity index (χ1) is 16.4. The number of H-pyrrole nitrogens is 1. The van der Waals surface area contributed by atoms with E-state index in [4.69, 9.17) is 11.5 Å². The van der Waals surface area contributed by atoms with Crippen LogP contribution in [0.15, 0.2) is 42.5 Å². The van der Waals surface area contributed by atoms with Gasteiger partial charge in [0.15, 0.2) is 17.5 Å². The number of carbonyl (C=O) groups excluding carboxylic acids is 1. The summed E-state index contributed by atoms with van der Waals surface area (Å²) in [5.74, 6) is -1.45. The molecule has 9 nitrogen and oxygen atoms in total. The lowest BCUT2D eigenvalue weighted by Gasteiger charge is -2.33. The molecule has 174 valence electrons.